The van der Waals surface area contributed by atoms with E-state index < -0.39 is 0 Å². The second kappa shape index (κ2) is 6.24. The third-order valence-corrected chi connectivity index (χ3v) is 4.29. The number of furan rings is 1. The van der Waals surface area contributed by atoms with Gasteiger partial charge in [0.15, 0.2) is 11.5 Å². The molecule has 0 aromatic carbocycles. The van der Waals surface area contributed by atoms with Gasteiger partial charge in [-0.05, 0) is 25.2 Å². The summed E-state index contributed by atoms with van der Waals surface area (Å²) in [4.78, 5) is 24.7. The molecule has 5 heteroatoms. The van der Waals surface area contributed by atoms with Crippen LogP contribution in [0, 0.1) is 12.3 Å². The molecular weight excluding hydrogens is 282 g/mol. The Morgan fingerprint density at radius 3 is 2.68 bits per heavy atom. The van der Waals surface area contributed by atoms with E-state index in [2.05, 4.69) is 5.32 Å². The van der Waals surface area contributed by atoms with E-state index in [0.29, 0.717) is 36.1 Å². The minimum Gasteiger partial charge on any atom is -0.455 e. The summed E-state index contributed by atoms with van der Waals surface area (Å²) in [6, 6.07) is -0.0915. The van der Waals surface area contributed by atoms with Gasteiger partial charge in [0.25, 0.3) is 5.91 Å². The van der Waals surface area contributed by atoms with Crippen molar-refractivity contribution in [3.63, 3.8) is 0 Å². The lowest BCUT2D eigenvalue weighted by molar-refractivity contribution is 0.0878. The van der Waals surface area contributed by atoms with Crippen molar-refractivity contribution in [3.05, 3.63) is 22.6 Å². The van der Waals surface area contributed by atoms with Crippen LogP contribution in [0.15, 0.2) is 4.42 Å². The Labute approximate surface area is 131 Å². The summed E-state index contributed by atoms with van der Waals surface area (Å²) in [5, 5.41) is 11.9. The number of hydrogen-bond acceptors (Lipinski definition) is 4. The van der Waals surface area contributed by atoms with Gasteiger partial charge in [0, 0.05) is 31.1 Å². The van der Waals surface area contributed by atoms with E-state index >= 15 is 0 Å². The zero-order valence-electron chi connectivity index (χ0n) is 13.8. The fourth-order valence-corrected chi connectivity index (χ4v) is 3.08. The van der Waals surface area contributed by atoms with Gasteiger partial charge >= 0.3 is 0 Å². The van der Waals surface area contributed by atoms with Crippen LogP contribution in [0.5, 0.6) is 0 Å². The fourth-order valence-electron chi connectivity index (χ4n) is 3.08. The molecule has 0 radical (unpaired) electrons. The van der Waals surface area contributed by atoms with Crippen LogP contribution < -0.4 is 5.32 Å². The van der Waals surface area contributed by atoms with Crippen LogP contribution in [0.25, 0.3) is 0 Å². The molecule has 2 N–H and O–H groups in total. The minimum atomic E-state index is -0.308. The monoisotopic (exact) mass is 307 g/mol. The predicted octanol–water partition coefficient (Wildman–Crippen LogP) is 2.63. The number of fused-ring (bicyclic) bond motifs is 1. The smallest absolute Gasteiger partial charge is 0.287 e. The quantitative estimate of drug-likeness (QED) is 0.876. The van der Waals surface area contributed by atoms with Crippen LogP contribution in [-0.2, 0) is 6.42 Å². The van der Waals surface area contributed by atoms with Crippen LogP contribution in [-0.4, -0.2) is 29.4 Å². The van der Waals surface area contributed by atoms with Crippen molar-refractivity contribution < 1.29 is 19.1 Å². The molecule has 0 spiro atoms. The lowest BCUT2D eigenvalue weighted by atomic mass is 9.76. The lowest BCUT2D eigenvalue weighted by Gasteiger charge is -2.27. The average molecular weight is 307 g/mol. The SMILES string of the molecule is CCC(CCO)NC(=O)c1oc2c(c1C)C(=O)CC(C)(C)C2. The largest absolute Gasteiger partial charge is 0.455 e. The summed E-state index contributed by atoms with van der Waals surface area (Å²) in [6.45, 7) is 7.80. The maximum Gasteiger partial charge on any atom is 0.287 e. The molecule has 1 aliphatic rings. The summed E-state index contributed by atoms with van der Waals surface area (Å²) >= 11 is 0. The van der Waals surface area contributed by atoms with Gasteiger partial charge in [0.2, 0.25) is 0 Å². The van der Waals surface area contributed by atoms with Gasteiger partial charge in [0.1, 0.15) is 5.76 Å². The Balaban J connectivity index is 2.27. The van der Waals surface area contributed by atoms with Crippen molar-refractivity contribution in [3.8, 4) is 0 Å². The van der Waals surface area contributed by atoms with Gasteiger partial charge in [-0.1, -0.05) is 20.8 Å². The summed E-state index contributed by atoms with van der Waals surface area (Å²) in [5.74, 6) is 0.596. The van der Waals surface area contributed by atoms with Gasteiger partial charge in [-0.15, -0.1) is 0 Å². The molecule has 0 saturated carbocycles. The number of hydrogen-bond donors (Lipinski definition) is 2. The van der Waals surface area contributed by atoms with E-state index in [1.807, 2.05) is 20.8 Å². The number of amides is 1. The molecule has 0 saturated heterocycles. The van der Waals surface area contributed by atoms with E-state index in [1.165, 1.54) is 0 Å². The van der Waals surface area contributed by atoms with E-state index in [9.17, 15) is 9.59 Å². The van der Waals surface area contributed by atoms with Crippen molar-refractivity contribution in [1.82, 2.24) is 5.32 Å². The number of carbonyl (C=O) groups is 2. The Morgan fingerprint density at radius 1 is 1.41 bits per heavy atom. The third kappa shape index (κ3) is 3.24. The van der Waals surface area contributed by atoms with Gasteiger partial charge in [-0.2, -0.15) is 0 Å². The summed E-state index contributed by atoms with van der Waals surface area (Å²) in [5.41, 5.74) is 1.08. The van der Waals surface area contributed by atoms with E-state index in [-0.39, 0.29) is 35.5 Å². The van der Waals surface area contributed by atoms with E-state index in [4.69, 9.17) is 9.52 Å². The Morgan fingerprint density at radius 2 is 2.09 bits per heavy atom. The van der Waals surface area contributed by atoms with Crippen LogP contribution in [0.2, 0.25) is 0 Å². The molecular formula is C17H25NO4. The molecule has 1 aromatic heterocycles. The highest BCUT2D eigenvalue weighted by atomic mass is 16.4. The number of Topliss-reactive ketones (excluding diaryl/α,β-unsaturated/α-hetero) is 1. The molecule has 1 aromatic rings. The predicted molar refractivity (Wildman–Crippen MR) is 83.1 cm³/mol. The van der Waals surface area contributed by atoms with Gasteiger partial charge in [-0.3, -0.25) is 9.59 Å². The number of carbonyl (C=O) groups excluding carboxylic acids is 2. The van der Waals surface area contributed by atoms with Gasteiger partial charge in [0.05, 0.1) is 5.56 Å². The summed E-state index contributed by atoms with van der Waals surface area (Å²) in [7, 11) is 0. The molecule has 1 atom stereocenters. The minimum absolute atomic E-state index is 0.0269. The highest BCUT2D eigenvalue weighted by Crippen LogP contribution is 2.38. The van der Waals surface area contributed by atoms with Crippen LogP contribution in [0.1, 0.15) is 72.3 Å². The maximum atomic E-state index is 12.4. The van der Waals surface area contributed by atoms with Crippen molar-refractivity contribution in [2.75, 3.05) is 6.61 Å². The molecule has 0 bridgehead atoms. The lowest BCUT2D eigenvalue weighted by Crippen LogP contribution is -2.35. The average Bonchev–Trinajstić information content (AvgIpc) is 2.73. The van der Waals surface area contributed by atoms with Crippen molar-refractivity contribution >= 4 is 11.7 Å². The summed E-state index contributed by atoms with van der Waals surface area (Å²) < 4.78 is 5.73. The van der Waals surface area contributed by atoms with Crippen LogP contribution in [0.4, 0.5) is 0 Å². The molecule has 5 nitrogen and oxygen atoms in total. The Kier molecular flexibility index (Phi) is 4.75. The number of rotatable bonds is 5. The molecule has 122 valence electrons. The van der Waals surface area contributed by atoms with Gasteiger partial charge < -0.3 is 14.8 Å². The second-order valence-corrected chi connectivity index (χ2v) is 6.89. The molecule has 1 amide bonds. The Bertz CT molecular complexity index is 586. The standard InChI is InChI=1S/C17H25NO4/c1-5-11(6-7-19)18-16(21)15-10(2)14-12(20)8-17(3,4)9-13(14)22-15/h11,19H,5-9H2,1-4H3,(H,18,21). The van der Waals surface area contributed by atoms with Gasteiger partial charge in [-0.25, -0.2) is 0 Å². The first-order valence-corrected chi connectivity index (χ1v) is 7.86. The highest BCUT2D eigenvalue weighted by molar-refractivity contribution is 6.03. The number of nitrogens with one attached hydrogen (secondary N) is 1. The highest BCUT2D eigenvalue weighted by Gasteiger charge is 2.37. The first kappa shape index (κ1) is 16.7. The molecule has 2 rings (SSSR count). The first-order chi connectivity index (χ1) is 10.3. The first-order valence-electron chi connectivity index (χ1n) is 7.86. The molecule has 1 aliphatic carbocycles. The maximum absolute atomic E-state index is 12.4. The molecule has 0 aliphatic heterocycles. The molecule has 22 heavy (non-hydrogen) atoms. The fraction of sp³-hybridized carbons (Fsp3) is 0.647. The molecule has 1 heterocycles. The van der Waals surface area contributed by atoms with Crippen molar-refractivity contribution in [2.45, 2.75) is 59.4 Å². The van der Waals surface area contributed by atoms with Crippen molar-refractivity contribution in [1.29, 1.82) is 0 Å². The van der Waals surface area contributed by atoms with E-state index in [0.717, 1.165) is 6.42 Å². The number of aliphatic hydroxyl groups excluding tert-OH is 1. The zero-order valence-corrected chi connectivity index (χ0v) is 13.8. The van der Waals surface area contributed by atoms with E-state index in [1.54, 1.807) is 6.92 Å². The summed E-state index contributed by atoms with van der Waals surface area (Å²) in [6.07, 6.45) is 2.38. The zero-order chi connectivity index (χ0) is 16.5. The topological polar surface area (TPSA) is 79.5 Å². The van der Waals surface area contributed by atoms with Crippen LogP contribution in [0.3, 0.4) is 0 Å². The number of aliphatic hydroxyl groups is 1. The number of ketones is 1. The molecule has 0 fully saturated rings. The Hall–Kier alpha value is -1.62. The third-order valence-electron chi connectivity index (χ3n) is 4.29. The van der Waals surface area contributed by atoms with Crippen LogP contribution >= 0.6 is 0 Å². The second-order valence-electron chi connectivity index (χ2n) is 6.89. The van der Waals surface area contributed by atoms with Crippen molar-refractivity contribution in [2.24, 2.45) is 5.41 Å². The molecule has 1 unspecified atom stereocenters. The normalized spacial score (nSPS) is 18.0.